The predicted molar refractivity (Wildman–Crippen MR) is 92.6 cm³/mol. The van der Waals surface area contributed by atoms with E-state index in [1.165, 1.54) is 12.1 Å². The minimum atomic E-state index is -0.257. The molecule has 0 saturated heterocycles. The maximum Gasteiger partial charge on any atom is 0.123 e. The van der Waals surface area contributed by atoms with E-state index < -0.39 is 0 Å². The van der Waals surface area contributed by atoms with Crippen LogP contribution in [-0.2, 0) is 0 Å². The van der Waals surface area contributed by atoms with Gasteiger partial charge < -0.3 is 5.32 Å². The van der Waals surface area contributed by atoms with Crippen molar-refractivity contribution in [2.45, 2.75) is 13.8 Å². The highest BCUT2D eigenvalue weighted by Crippen LogP contribution is 2.22. The summed E-state index contributed by atoms with van der Waals surface area (Å²) in [6.07, 6.45) is 0. The second kappa shape index (κ2) is 7.27. The zero-order valence-corrected chi connectivity index (χ0v) is 13.7. The molecule has 22 heavy (non-hydrogen) atoms. The lowest BCUT2D eigenvalue weighted by molar-refractivity contribution is 0.627. The molecule has 5 heteroatoms. The molecule has 0 aliphatic rings. The zero-order chi connectivity index (χ0) is 16.1. The number of hydrogen-bond acceptors (Lipinski definition) is 3. The molecule has 1 N–H and O–H groups in total. The van der Waals surface area contributed by atoms with E-state index in [2.05, 4.69) is 10.4 Å². The molecule has 2 rings (SSSR count). The quantitative estimate of drug-likeness (QED) is 0.635. The van der Waals surface area contributed by atoms with Gasteiger partial charge in [0, 0.05) is 29.9 Å². The third-order valence-corrected chi connectivity index (χ3v) is 3.57. The molecule has 0 unspecified atom stereocenters. The molecule has 0 amide bonds. The van der Waals surface area contributed by atoms with Crippen molar-refractivity contribution in [1.82, 2.24) is 0 Å². The molecule has 0 saturated carbocycles. The van der Waals surface area contributed by atoms with E-state index in [4.69, 9.17) is 11.6 Å². The standard InChI is InChI=1S/C17H19ClFN3/c1-4-22(15-8-6-14(19)7-9-15)21-12(2)16-11-13(18)5-10-17(16)20-3/h5-11,20H,4H2,1-3H3/b21-12+. The number of halogens is 2. The second-order valence-electron chi connectivity index (χ2n) is 4.82. The van der Waals surface area contributed by atoms with Gasteiger partial charge in [0.25, 0.3) is 0 Å². The first kappa shape index (κ1) is 16.3. The average molecular weight is 320 g/mol. The Hall–Kier alpha value is -2.07. The highest BCUT2D eigenvalue weighted by molar-refractivity contribution is 6.31. The van der Waals surface area contributed by atoms with Gasteiger partial charge in [-0.3, -0.25) is 5.01 Å². The topological polar surface area (TPSA) is 27.6 Å². The minimum Gasteiger partial charge on any atom is -0.388 e. The second-order valence-corrected chi connectivity index (χ2v) is 5.25. The summed E-state index contributed by atoms with van der Waals surface area (Å²) in [6, 6.07) is 11.9. The molecule has 0 aliphatic carbocycles. The molecule has 0 fully saturated rings. The van der Waals surface area contributed by atoms with Gasteiger partial charge in [0.15, 0.2) is 0 Å². The molecule has 116 valence electrons. The summed E-state index contributed by atoms with van der Waals surface area (Å²) in [5.41, 5.74) is 3.57. The van der Waals surface area contributed by atoms with Gasteiger partial charge in [-0.1, -0.05) is 11.6 Å². The third-order valence-electron chi connectivity index (χ3n) is 3.34. The first-order valence-corrected chi connectivity index (χ1v) is 7.49. The third kappa shape index (κ3) is 3.77. The van der Waals surface area contributed by atoms with Crippen molar-refractivity contribution in [3.8, 4) is 0 Å². The van der Waals surface area contributed by atoms with E-state index in [9.17, 15) is 4.39 Å². The summed E-state index contributed by atoms with van der Waals surface area (Å²) in [6.45, 7) is 4.61. The highest BCUT2D eigenvalue weighted by atomic mass is 35.5. The zero-order valence-electron chi connectivity index (χ0n) is 12.9. The number of nitrogens with one attached hydrogen (secondary N) is 1. The van der Waals surface area contributed by atoms with Crippen molar-refractivity contribution >= 4 is 28.7 Å². The fraction of sp³-hybridized carbons (Fsp3) is 0.235. The first-order valence-electron chi connectivity index (χ1n) is 7.11. The van der Waals surface area contributed by atoms with Gasteiger partial charge in [-0.2, -0.15) is 5.10 Å². The van der Waals surface area contributed by atoms with E-state index in [0.29, 0.717) is 11.6 Å². The number of nitrogens with zero attached hydrogens (tertiary/aromatic N) is 2. The van der Waals surface area contributed by atoms with Crippen LogP contribution in [0.15, 0.2) is 47.6 Å². The van der Waals surface area contributed by atoms with Crippen LogP contribution >= 0.6 is 11.6 Å². The van der Waals surface area contributed by atoms with E-state index in [1.54, 1.807) is 12.1 Å². The van der Waals surface area contributed by atoms with Crippen LogP contribution in [0.25, 0.3) is 0 Å². The van der Waals surface area contributed by atoms with Crippen molar-refractivity contribution in [2.24, 2.45) is 5.10 Å². The molecular weight excluding hydrogens is 301 g/mol. The van der Waals surface area contributed by atoms with Gasteiger partial charge in [-0.15, -0.1) is 0 Å². The summed E-state index contributed by atoms with van der Waals surface area (Å²) in [4.78, 5) is 0. The van der Waals surface area contributed by atoms with Crippen molar-refractivity contribution in [3.63, 3.8) is 0 Å². The number of anilines is 2. The fourth-order valence-electron chi connectivity index (χ4n) is 2.19. The Labute approximate surface area is 135 Å². The van der Waals surface area contributed by atoms with Crippen LogP contribution in [0, 0.1) is 5.82 Å². The molecule has 0 atom stereocenters. The lowest BCUT2D eigenvalue weighted by atomic mass is 10.1. The molecule has 0 aromatic heterocycles. The van der Waals surface area contributed by atoms with E-state index in [1.807, 2.05) is 44.1 Å². The van der Waals surface area contributed by atoms with Crippen LogP contribution in [0.3, 0.4) is 0 Å². The van der Waals surface area contributed by atoms with Crippen LogP contribution in [-0.4, -0.2) is 19.3 Å². The summed E-state index contributed by atoms with van der Waals surface area (Å²) < 4.78 is 13.0. The summed E-state index contributed by atoms with van der Waals surface area (Å²) in [5.74, 6) is -0.257. The molecule has 2 aromatic rings. The monoisotopic (exact) mass is 319 g/mol. The highest BCUT2D eigenvalue weighted by Gasteiger charge is 2.09. The van der Waals surface area contributed by atoms with Gasteiger partial charge in [0.2, 0.25) is 0 Å². The van der Waals surface area contributed by atoms with E-state index >= 15 is 0 Å². The SMILES string of the molecule is CCN(/N=C(\C)c1cc(Cl)ccc1NC)c1ccc(F)cc1. The largest absolute Gasteiger partial charge is 0.388 e. The maximum absolute atomic E-state index is 13.0. The van der Waals surface area contributed by atoms with E-state index in [0.717, 1.165) is 22.6 Å². The Kier molecular flexibility index (Phi) is 5.39. The Bertz CT molecular complexity index is 668. The van der Waals surface area contributed by atoms with Gasteiger partial charge in [-0.05, 0) is 56.3 Å². The first-order chi connectivity index (χ1) is 10.5. The Morgan fingerprint density at radius 1 is 1.23 bits per heavy atom. The molecule has 0 bridgehead atoms. The molecule has 0 aliphatic heterocycles. The normalized spacial score (nSPS) is 11.4. The lowest BCUT2D eigenvalue weighted by Crippen LogP contribution is -2.18. The molecule has 2 aromatic carbocycles. The molecule has 3 nitrogen and oxygen atoms in total. The Morgan fingerprint density at radius 2 is 1.91 bits per heavy atom. The summed E-state index contributed by atoms with van der Waals surface area (Å²) in [5, 5.41) is 10.3. The van der Waals surface area contributed by atoms with Crippen molar-refractivity contribution < 1.29 is 4.39 Å². The minimum absolute atomic E-state index is 0.257. The molecular formula is C17H19ClFN3. The van der Waals surface area contributed by atoms with Crippen LogP contribution in [0.5, 0.6) is 0 Å². The molecule has 0 heterocycles. The summed E-state index contributed by atoms with van der Waals surface area (Å²) >= 11 is 6.08. The van der Waals surface area contributed by atoms with Crippen LogP contribution in [0.4, 0.5) is 15.8 Å². The van der Waals surface area contributed by atoms with Crippen molar-refractivity contribution in [3.05, 3.63) is 58.9 Å². The van der Waals surface area contributed by atoms with Crippen LogP contribution in [0.1, 0.15) is 19.4 Å². The van der Waals surface area contributed by atoms with Crippen LogP contribution < -0.4 is 10.3 Å². The number of hydrogen-bond donors (Lipinski definition) is 1. The Morgan fingerprint density at radius 3 is 2.50 bits per heavy atom. The van der Waals surface area contributed by atoms with Gasteiger partial charge >= 0.3 is 0 Å². The Balaban J connectivity index is 2.37. The maximum atomic E-state index is 13.0. The number of benzene rings is 2. The van der Waals surface area contributed by atoms with Crippen molar-refractivity contribution in [2.75, 3.05) is 23.9 Å². The molecule has 0 spiro atoms. The average Bonchev–Trinajstić information content (AvgIpc) is 2.53. The number of rotatable bonds is 5. The van der Waals surface area contributed by atoms with Crippen LogP contribution in [0.2, 0.25) is 5.02 Å². The predicted octanol–water partition coefficient (Wildman–Crippen LogP) is 4.77. The van der Waals surface area contributed by atoms with Crippen molar-refractivity contribution in [1.29, 1.82) is 0 Å². The lowest BCUT2D eigenvalue weighted by Gasteiger charge is -2.19. The molecule has 0 radical (unpaired) electrons. The van der Waals surface area contributed by atoms with Gasteiger partial charge in [0.1, 0.15) is 5.82 Å². The summed E-state index contributed by atoms with van der Waals surface area (Å²) in [7, 11) is 1.86. The number of hydrazone groups is 1. The smallest absolute Gasteiger partial charge is 0.123 e. The van der Waals surface area contributed by atoms with Gasteiger partial charge in [0.05, 0.1) is 11.4 Å². The van der Waals surface area contributed by atoms with E-state index in [-0.39, 0.29) is 5.82 Å². The van der Waals surface area contributed by atoms with Gasteiger partial charge in [-0.25, -0.2) is 4.39 Å². The fourth-order valence-corrected chi connectivity index (χ4v) is 2.37.